The Balaban J connectivity index is 2.15. The Labute approximate surface area is 93.2 Å². The van der Waals surface area contributed by atoms with Crippen molar-refractivity contribution >= 4 is 22.7 Å². The summed E-state index contributed by atoms with van der Waals surface area (Å²) in [6.07, 6.45) is 3.44. The monoisotopic (exact) mass is 219 g/mol. The molecule has 78 valence electrons. The number of nitrogens with zero attached hydrogens (tertiary/aromatic N) is 2. The molecule has 0 radical (unpaired) electrons. The molecule has 3 nitrogen and oxygen atoms in total. The molecule has 0 aromatic carbocycles. The quantitative estimate of drug-likeness (QED) is 0.861. The Bertz CT molecular complexity index is 425. The van der Waals surface area contributed by atoms with Crippen LogP contribution in [0.4, 0.5) is 11.4 Å². The van der Waals surface area contributed by atoms with Crippen LogP contribution in [0.5, 0.6) is 0 Å². The summed E-state index contributed by atoms with van der Waals surface area (Å²) < 4.78 is 0. The molecular formula is C11H13N3S. The Kier molecular flexibility index (Phi) is 2.87. The van der Waals surface area contributed by atoms with Crippen molar-refractivity contribution in [1.82, 2.24) is 4.98 Å². The van der Waals surface area contributed by atoms with Crippen LogP contribution in [0.3, 0.4) is 0 Å². The van der Waals surface area contributed by atoms with Crippen LogP contribution < -0.4 is 10.6 Å². The number of pyridine rings is 1. The summed E-state index contributed by atoms with van der Waals surface area (Å²) in [6, 6.07) is 6.12. The smallest absolute Gasteiger partial charge is 0.0738 e. The second-order valence-corrected chi connectivity index (χ2v) is 4.40. The van der Waals surface area contributed by atoms with E-state index in [9.17, 15) is 0 Å². The van der Waals surface area contributed by atoms with E-state index in [1.165, 1.54) is 4.88 Å². The summed E-state index contributed by atoms with van der Waals surface area (Å²) in [6.45, 7) is 0.881. The topological polar surface area (TPSA) is 42.2 Å². The van der Waals surface area contributed by atoms with E-state index in [1.54, 1.807) is 23.7 Å². The van der Waals surface area contributed by atoms with Gasteiger partial charge in [0.1, 0.15) is 0 Å². The van der Waals surface area contributed by atoms with Crippen molar-refractivity contribution < 1.29 is 0 Å². The molecule has 2 heterocycles. The minimum atomic E-state index is 0.719. The van der Waals surface area contributed by atoms with Crippen molar-refractivity contribution in [2.45, 2.75) is 6.54 Å². The minimum Gasteiger partial charge on any atom is -0.396 e. The highest BCUT2D eigenvalue weighted by atomic mass is 32.1. The first-order chi connectivity index (χ1) is 7.27. The molecule has 2 N–H and O–H groups in total. The lowest BCUT2D eigenvalue weighted by molar-refractivity contribution is 0.940. The van der Waals surface area contributed by atoms with Gasteiger partial charge in [0.25, 0.3) is 0 Å². The molecule has 0 saturated carbocycles. The average Bonchev–Trinajstić information content (AvgIpc) is 2.71. The van der Waals surface area contributed by atoms with Gasteiger partial charge in [-0.3, -0.25) is 4.98 Å². The number of thiophene rings is 1. The number of hydrogen-bond acceptors (Lipinski definition) is 4. The van der Waals surface area contributed by atoms with Crippen LogP contribution in [0.1, 0.15) is 4.88 Å². The third-order valence-electron chi connectivity index (χ3n) is 2.21. The molecule has 0 aliphatic rings. The number of aromatic nitrogens is 1. The Morgan fingerprint density at radius 3 is 3.00 bits per heavy atom. The van der Waals surface area contributed by atoms with Gasteiger partial charge in [0, 0.05) is 18.1 Å². The maximum absolute atomic E-state index is 5.85. The normalized spacial score (nSPS) is 10.2. The molecule has 2 aromatic heterocycles. The van der Waals surface area contributed by atoms with Gasteiger partial charge in [0.15, 0.2) is 0 Å². The second kappa shape index (κ2) is 4.31. The Morgan fingerprint density at radius 2 is 2.33 bits per heavy atom. The zero-order chi connectivity index (χ0) is 10.7. The second-order valence-electron chi connectivity index (χ2n) is 3.37. The van der Waals surface area contributed by atoms with E-state index in [2.05, 4.69) is 27.4 Å². The summed E-state index contributed by atoms with van der Waals surface area (Å²) in [7, 11) is 2.03. The van der Waals surface area contributed by atoms with E-state index in [0.29, 0.717) is 0 Å². The number of hydrogen-bond donors (Lipinski definition) is 1. The first-order valence-corrected chi connectivity index (χ1v) is 5.58. The maximum Gasteiger partial charge on any atom is 0.0738 e. The van der Waals surface area contributed by atoms with Gasteiger partial charge in [-0.05, 0) is 17.5 Å². The van der Waals surface area contributed by atoms with Crippen LogP contribution >= 0.6 is 11.3 Å². The molecule has 0 spiro atoms. The summed E-state index contributed by atoms with van der Waals surface area (Å²) in [4.78, 5) is 7.43. The molecular weight excluding hydrogens is 206 g/mol. The number of anilines is 2. The van der Waals surface area contributed by atoms with E-state index in [0.717, 1.165) is 17.9 Å². The lowest BCUT2D eigenvalue weighted by atomic mass is 10.3. The predicted molar refractivity (Wildman–Crippen MR) is 65.1 cm³/mol. The third kappa shape index (κ3) is 2.27. The first-order valence-electron chi connectivity index (χ1n) is 4.70. The highest BCUT2D eigenvalue weighted by Crippen LogP contribution is 2.22. The minimum absolute atomic E-state index is 0.719. The number of nitrogens with two attached hydrogens (primary N) is 1. The van der Waals surface area contributed by atoms with Crippen molar-refractivity contribution in [3.05, 3.63) is 40.8 Å². The molecule has 2 rings (SSSR count). The van der Waals surface area contributed by atoms with Gasteiger partial charge in [-0.1, -0.05) is 6.07 Å². The molecule has 0 bridgehead atoms. The van der Waals surface area contributed by atoms with Crippen LogP contribution in [0.15, 0.2) is 36.0 Å². The van der Waals surface area contributed by atoms with Gasteiger partial charge in [0.2, 0.25) is 0 Å². The third-order valence-corrected chi connectivity index (χ3v) is 3.07. The predicted octanol–water partition coefficient (Wildman–Crippen LogP) is 2.36. The van der Waals surface area contributed by atoms with E-state index < -0.39 is 0 Å². The van der Waals surface area contributed by atoms with Gasteiger partial charge < -0.3 is 10.6 Å². The molecule has 2 aromatic rings. The molecule has 0 aliphatic carbocycles. The van der Waals surface area contributed by atoms with Gasteiger partial charge in [-0.15, -0.1) is 11.3 Å². The van der Waals surface area contributed by atoms with Gasteiger partial charge >= 0.3 is 0 Å². The zero-order valence-corrected chi connectivity index (χ0v) is 9.37. The Hall–Kier alpha value is -1.55. The summed E-state index contributed by atoms with van der Waals surface area (Å²) >= 11 is 1.75. The molecule has 0 saturated heterocycles. The number of nitrogen functional groups attached to an aromatic ring is 1. The fourth-order valence-corrected chi connectivity index (χ4v) is 2.23. The summed E-state index contributed by atoms with van der Waals surface area (Å²) in [5, 5.41) is 2.08. The largest absolute Gasteiger partial charge is 0.396 e. The van der Waals surface area contributed by atoms with Crippen LogP contribution in [0, 0.1) is 0 Å². The highest BCUT2D eigenvalue weighted by Gasteiger charge is 2.05. The molecule has 0 fully saturated rings. The molecule has 15 heavy (non-hydrogen) atoms. The maximum atomic E-state index is 5.85. The van der Waals surface area contributed by atoms with E-state index in [1.807, 2.05) is 13.1 Å². The van der Waals surface area contributed by atoms with Crippen molar-refractivity contribution in [2.75, 3.05) is 17.7 Å². The summed E-state index contributed by atoms with van der Waals surface area (Å²) in [5.41, 5.74) is 7.59. The van der Waals surface area contributed by atoms with Crippen LogP contribution in [-0.4, -0.2) is 12.0 Å². The fraction of sp³-hybridized carbons (Fsp3) is 0.182. The van der Waals surface area contributed by atoms with Gasteiger partial charge in [-0.2, -0.15) is 0 Å². The average molecular weight is 219 g/mol. The van der Waals surface area contributed by atoms with E-state index in [-0.39, 0.29) is 0 Å². The lowest BCUT2D eigenvalue weighted by Crippen LogP contribution is -2.17. The molecule has 4 heteroatoms. The molecule has 0 atom stereocenters. The highest BCUT2D eigenvalue weighted by molar-refractivity contribution is 7.09. The number of rotatable bonds is 3. The first kappa shape index (κ1) is 9.98. The van der Waals surface area contributed by atoms with Crippen LogP contribution in [0.25, 0.3) is 0 Å². The zero-order valence-electron chi connectivity index (χ0n) is 8.55. The molecule has 0 amide bonds. The lowest BCUT2D eigenvalue weighted by Gasteiger charge is -2.19. The van der Waals surface area contributed by atoms with Gasteiger partial charge in [0.05, 0.1) is 24.1 Å². The standard InChI is InChI=1S/C11H13N3S/c1-14(8-9-3-2-6-15-9)11-4-5-13-7-10(11)12/h2-7H,8,12H2,1H3. The SMILES string of the molecule is CN(Cc1cccs1)c1ccncc1N. The van der Waals surface area contributed by atoms with Gasteiger partial charge in [-0.25, -0.2) is 0 Å². The summed E-state index contributed by atoms with van der Waals surface area (Å²) in [5.74, 6) is 0. The van der Waals surface area contributed by atoms with Crippen LogP contribution in [0.2, 0.25) is 0 Å². The van der Waals surface area contributed by atoms with Crippen molar-refractivity contribution in [3.63, 3.8) is 0 Å². The molecule has 0 unspecified atom stereocenters. The van der Waals surface area contributed by atoms with Crippen molar-refractivity contribution in [1.29, 1.82) is 0 Å². The fourth-order valence-electron chi connectivity index (χ4n) is 1.47. The van der Waals surface area contributed by atoms with Crippen LogP contribution in [-0.2, 0) is 6.54 Å². The van der Waals surface area contributed by atoms with E-state index >= 15 is 0 Å². The van der Waals surface area contributed by atoms with Crippen molar-refractivity contribution in [2.24, 2.45) is 0 Å². The van der Waals surface area contributed by atoms with E-state index in [4.69, 9.17) is 5.73 Å². The molecule has 0 aliphatic heterocycles. The Morgan fingerprint density at radius 1 is 1.47 bits per heavy atom. The van der Waals surface area contributed by atoms with Crippen molar-refractivity contribution in [3.8, 4) is 0 Å².